The molecule has 0 saturated carbocycles. The highest BCUT2D eigenvalue weighted by atomic mass is 31.2. The van der Waals surface area contributed by atoms with Crippen LogP contribution < -0.4 is 0 Å². The smallest absolute Gasteiger partial charge is 0.462 e. The van der Waals surface area contributed by atoms with Gasteiger partial charge in [0, 0.05) is 25.7 Å². The molecule has 6 atom stereocenters. The summed E-state index contributed by atoms with van der Waals surface area (Å²) in [6.45, 7) is 11.6. The summed E-state index contributed by atoms with van der Waals surface area (Å²) in [6.07, 6.45) is 44.0. The van der Waals surface area contributed by atoms with Crippen LogP contribution in [0.5, 0.6) is 0 Å². The minimum absolute atomic E-state index is 0.0839. The number of allylic oxidation sites excluding steroid dienone is 4. The third kappa shape index (κ3) is 60.9. The average molecular weight is 1280 g/mol. The van der Waals surface area contributed by atoms with Crippen LogP contribution in [0.2, 0.25) is 0 Å². The Labute approximate surface area is 529 Å². The molecule has 0 radical (unpaired) electrons. The van der Waals surface area contributed by atoms with E-state index in [1.807, 2.05) is 0 Å². The lowest BCUT2D eigenvalue weighted by Gasteiger charge is -2.21. The molecule has 0 bridgehead atoms. The van der Waals surface area contributed by atoms with Crippen molar-refractivity contribution in [3.63, 3.8) is 0 Å². The first-order valence-electron chi connectivity index (χ1n) is 34.7. The van der Waals surface area contributed by atoms with E-state index in [1.54, 1.807) is 0 Å². The number of ether oxygens (including phenoxy) is 4. The molecule has 87 heavy (non-hydrogen) atoms. The van der Waals surface area contributed by atoms with Gasteiger partial charge in [0.25, 0.3) is 0 Å². The highest BCUT2D eigenvalue weighted by Gasteiger charge is 2.30. The zero-order valence-corrected chi connectivity index (χ0v) is 57.7. The molecule has 512 valence electrons. The third-order valence-electron chi connectivity index (χ3n) is 15.4. The molecule has 19 heteroatoms. The molecule has 0 aromatic heterocycles. The van der Waals surface area contributed by atoms with Gasteiger partial charge in [-0.1, -0.05) is 259 Å². The predicted molar refractivity (Wildman–Crippen MR) is 349 cm³/mol. The van der Waals surface area contributed by atoms with E-state index in [-0.39, 0.29) is 25.7 Å². The lowest BCUT2D eigenvalue weighted by Crippen LogP contribution is -2.30. The number of carbonyl (C=O) groups is 4. The van der Waals surface area contributed by atoms with E-state index in [1.165, 1.54) is 103 Å². The molecular formula is C68H128O17P2. The fourth-order valence-electron chi connectivity index (χ4n) is 9.61. The fraction of sp³-hybridized carbons (Fsp3) is 0.882. The van der Waals surface area contributed by atoms with Crippen LogP contribution in [0.4, 0.5) is 0 Å². The summed E-state index contributed by atoms with van der Waals surface area (Å²) in [5.41, 5.74) is 0. The maximum atomic E-state index is 13.0. The van der Waals surface area contributed by atoms with E-state index in [0.29, 0.717) is 31.6 Å². The molecular weight excluding hydrogens is 1150 g/mol. The highest BCUT2D eigenvalue weighted by molar-refractivity contribution is 7.47. The first kappa shape index (κ1) is 84.5. The van der Waals surface area contributed by atoms with E-state index in [0.717, 1.165) is 121 Å². The number of aliphatic hydroxyl groups is 1. The zero-order chi connectivity index (χ0) is 64.5. The molecule has 0 fully saturated rings. The third-order valence-corrected chi connectivity index (χ3v) is 17.3. The number of rotatable bonds is 64. The SMILES string of the molecule is CCCCCC/C=C\C=C/CCCCCCCC(=O)O[C@H](COC(=O)CCCCCCCCCCCC(C)C)COP(=O)(O)OCC(O)COP(=O)(O)OC[C@@H](COC(=O)CCCCCCCCCC(C)C)OC(=O)CCCCCCCCC(C)CC. The molecule has 0 saturated heterocycles. The Hall–Kier alpha value is -2.46. The average Bonchev–Trinajstić information content (AvgIpc) is 3.70. The van der Waals surface area contributed by atoms with Crippen LogP contribution >= 0.6 is 15.6 Å². The number of aliphatic hydroxyl groups excluding tert-OH is 1. The summed E-state index contributed by atoms with van der Waals surface area (Å²) in [4.78, 5) is 72.4. The number of phosphoric ester groups is 2. The van der Waals surface area contributed by atoms with E-state index >= 15 is 0 Å². The van der Waals surface area contributed by atoms with Crippen LogP contribution in [-0.4, -0.2) is 96.7 Å². The second kappa shape index (κ2) is 58.6. The number of esters is 4. The van der Waals surface area contributed by atoms with Crippen LogP contribution in [0.15, 0.2) is 24.3 Å². The van der Waals surface area contributed by atoms with Crippen molar-refractivity contribution in [1.29, 1.82) is 0 Å². The Balaban J connectivity index is 5.29. The minimum atomic E-state index is -4.96. The van der Waals surface area contributed by atoms with Crippen molar-refractivity contribution in [2.45, 2.75) is 330 Å². The number of phosphoric acid groups is 2. The van der Waals surface area contributed by atoms with Gasteiger partial charge in [0.05, 0.1) is 26.4 Å². The van der Waals surface area contributed by atoms with E-state index < -0.39 is 97.5 Å². The van der Waals surface area contributed by atoms with Gasteiger partial charge in [0.1, 0.15) is 19.3 Å². The lowest BCUT2D eigenvalue weighted by molar-refractivity contribution is -0.161. The number of hydrogen-bond acceptors (Lipinski definition) is 15. The summed E-state index contributed by atoms with van der Waals surface area (Å²) in [7, 11) is -9.91. The first-order chi connectivity index (χ1) is 41.8. The highest BCUT2D eigenvalue weighted by Crippen LogP contribution is 2.45. The molecule has 0 aromatic carbocycles. The van der Waals surface area contributed by atoms with Gasteiger partial charge in [-0.3, -0.25) is 37.3 Å². The Bertz CT molecular complexity index is 1810. The number of carbonyl (C=O) groups excluding carboxylic acids is 4. The van der Waals surface area contributed by atoms with Crippen LogP contribution in [0.25, 0.3) is 0 Å². The van der Waals surface area contributed by atoms with E-state index in [4.69, 9.17) is 37.0 Å². The van der Waals surface area contributed by atoms with Crippen molar-refractivity contribution in [3.05, 3.63) is 24.3 Å². The Morgan fingerprint density at radius 1 is 0.379 bits per heavy atom. The molecule has 17 nitrogen and oxygen atoms in total. The van der Waals surface area contributed by atoms with Crippen LogP contribution in [0.1, 0.15) is 312 Å². The number of unbranched alkanes of at least 4 members (excludes halogenated alkanes) is 28. The van der Waals surface area contributed by atoms with Crippen molar-refractivity contribution >= 4 is 39.5 Å². The van der Waals surface area contributed by atoms with E-state index in [2.05, 4.69) is 72.8 Å². The van der Waals surface area contributed by atoms with Crippen molar-refractivity contribution < 1.29 is 80.2 Å². The van der Waals surface area contributed by atoms with Crippen LogP contribution in [-0.2, 0) is 65.4 Å². The summed E-state index contributed by atoms with van der Waals surface area (Å²) in [6, 6.07) is 0. The topological polar surface area (TPSA) is 237 Å². The molecule has 0 spiro atoms. The fourth-order valence-corrected chi connectivity index (χ4v) is 11.2. The standard InChI is InChI=1S/C68H128O17P2/c1-8-10-11-12-13-14-15-16-17-18-19-22-28-37-44-51-67(72)84-63(55-78-65(70)49-42-35-27-23-20-21-25-32-39-46-59(3)4)57-82-86(74,75)80-53-62(69)54-81-87(76,77)83-58-64(85-68(73)52-45-38-31-30-34-41-48-61(7)9-2)56-79-66(71)50-43-36-29-24-26-33-40-47-60(5)6/h14-17,59-64,69H,8-13,18-58H2,1-7H3,(H,74,75)(H,76,77)/b15-14-,17-16-/t61?,62?,63-,64-/m1/s1. The summed E-state index contributed by atoms with van der Waals surface area (Å²) in [5.74, 6) is -0.00158. The zero-order valence-electron chi connectivity index (χ0n) is 56.0. The maximum Gasteiger partial charge on any atom is 0.472 e. The monoisotopic (exact) mass is 1280 g/mol. The molecule has 0 amide bonds. The van der Waals surface area contributed by atoms with Gasteiger partial charge in [0.15, 0.2) is 12.2 Å². The Morgan fingerprint density at radius 2 is 0.678 bits per heavy atom. The van der Waals surface area contributed by atoms with Crippen LogP contribution in [0.3, 0.4) is 0 Å². The van der Waals surface area contributed by atoms with Gasteiger partial charge in [0.2, 0.25) is 0 Å². The maximum absolute atomic E-state index is 13.0. The van der Waals surface area contributed by atoms with Crippen molar-refractivity contribution in [2.24, 2.45) is 17.8 Å². The molecule has 0 rings (SSSR count). The molecule has 0 heterocycles. The number of hydrogen-bond donors (Lipinski definition) is 3. The van der Waals surface area contributed by atoms with Crippen LogP contribution in [0, 0.1) is 17.8 Å². The van der Waals surface area contributed by atoms with E-state index in [9.17, 15) is 43.2 Å². The molecule has 3 N–H and O–H groups in total. The summed E-state index contributed by atoms with van der Waals surface area (Å²) >= 11 is 0. The summed E-state index contributed by atoms with van der Waals surface area (Å²) < 4.78 is 68.1. The molecule has 0 aromatic rings. The first-order valence-corrected chi connectivity index (χ1v) is 37.7. The quantitative estimate of drug-likeness (QED) is 0.0169. The molecule has 0 aliphatic rings. The van der Waals surface area contributed by atoms with Crippen molar-refractivity contribution in [1.82, 2.24) is 0 Å². The largest absolute Gasteiger partial charge is 0.472 e. The van der Waals surface area contributed by atoms with Gasteiger partial charge >= 0.3 is 39.5 Å². The molecule has 0 aliphatic carbocycles. The van der Waals surface area contributed by atoms with Gasteiger partial charge in [-0.25, -0.2) is 9.13 Å². The van der Waals surface area contributed by atoms with Gasteiger partial charge in [-0.2, -0.15) is 0 Å². The lowest BCUT2D eigenvalue weighted by atomic mass is 10.00. The van der Waals surface area contributed by atoms with Crippen molar-refractivity contribution in [2.75, 3.05) is 39.6 Å². The van der Waals surface area contributed by atoms with Crippen molar-refractivity contribution in [3.8, 4) is 0 Å². The Kier molecular flexibility index (Phi) is 57.0. The van der Waals surface area contributed by atoms with Gasteiger partial charge < -0.3 is 33.8 Å². The molecule has 0 aliphatic heterocycles. The second-order valence-corrected chi connectivity index (χ2v) is 28.0. The van der Waals surface area contributed by atoms with Gasteiger partial charge in [-0.05, 0) is 69.1 Å². The Morgan fingerprint density at radius 3 is 1.02 bits per heavy atom. The van der Waals surface area contributed by atoms with Gasteiger partial charge in [-0.15, -0.1) is 0 Å². The normalized spacial score (nSPS) is 14.8. The minimum Gasteiger partial charge on any atom is -0.462 e. The predicted octanol–water partition coefficient (Wildman–Crippen LogP) is 18.6. The molecule has 4 unspecified atom stereocenters. The summed E-state index contributed by atoms with van der Waals surface area (Å²) in [5, 5.41) is 10.6. The second-order valence-electron chi connectivity index (χ2n) is 25.1.